The van der Waals surface area contributed by atoms with Gasteiger partial charge in [0, 0.05) is 35.9 Å². The molecule has 0 fully saturated rings. The van der Waals surface area contributed by atoms with Crippen LogP contribution < -0.4 is 4.90 Å². The summed E-state index contributed by atoms with van der Waals surface area (Å²) in [5.74, 6) is 0. The second-order valence-corrected chi connectivity index (χ2v) is 11.3. The van der Waals surface area contributed by atoms with Crippen molar-refractivity contribution in [1.29, 1.82) is 0 Å². The van der Waals surface area contributed by atoms with Crippen LogP contribution in [0.25, 0.3) is 11.4 Å². The van der Waals surface area contributed by atoms with Crippen molar-refractivity contribution in [2.45, 2.75) is 24.7 Å². The molecule has 4 heteroatoms. The Morgan fingerprint density at radius 3 is 1.88 bits per heavy atom. The Labute approximate surface area is 240 Å². The van der Waals surface area contributed by atoms with Gasteiger partial charge >= 0.3 is 0 Å². The number of hydrogen-bond donors (Lipinski definition) is 0. The molecule has 0 amide bonds. The zero-order chi connectivity index (χ0) is 27.6. The largest absolute Gasteiger partial charge is 0.310 e. The summed E-state index contributed by atoms with van der Waals surface area (Å²) >= 11 is 0. The minimum Gasteiger partial charge on any atom is -0.310 e. The Morgan fingerprint density at radius 1 is 0.537 bits per heavy atom. The molecule has 4 nitrogen and oxygen atoms in total. The number of benzene rings is 3. The van der Waals surface area contributed by atoms with Gasteiger partial charge in [-0.1, -0.05) is 80.6 Å². The van der Waals surface area contributed by atoms with Crippen LogP contribution in [0.15, 0.2) is 134 Å². The molecule has 0 N–H and O–H groups in total. The zero-order valence-electron chi connectivity index (χ0n) is 23.0. The summed E-state index contributed by atoms with van der Waals surface area (Å²) in [7, 11) is 0. The van der Waals surface area contributed by atoms with Gasteiger partial charge in [0.25, 0.3) is 0 Å². The van der Waals surface area contributed by atoms with E-state index in [1.165, 1.54) is 28.1 Å². The first-order valence-corrected chi connectivity index (χ1v) is 14.0. The number of fused-ring (bicyclic) bond motifs is 5. The van der Waals surface area contributed by atoms with Gasteiger partial charge < -0.3 is 4.90 Å². The molecule has 3 aromatic heterocycles. The van der Waals surface area contributed by atoms with Gasteiger partial charge in [-0.3, -0.25) is 15.0 Å². The molecule has 1 aliphatic carbocycles. The van der Waals surface area contributed by atoms with Crippen LogP contribution in [0.4, 0.5) is 17.1 Å². The van der Waals surface area contributed by atoms with Crippen LogP contribution in [-0.4, -0.2) is 15.0 Å². The molecular formula is C37H28N4. The van der Waals surface area contributed by atoms with Gasteiger partial charge in [0.15, 0.2) is 0 Å². The average molecular weight is 529 g/mol. The summed E-state index contributed by atoms with van der Waals surface area (Å²) in [5, 5.41) is 0. The topological polar surface area (TPSA) is 41.9 Å². The van der Waals surface area contributed by atoms with Gasteiger partial charge in [-0.25, -0.2) is 0 Å². The van der Waals surface area contributed by atoms with Crippen molar-refractivity contribution >= 4 is 17.1 Å². The molecule has 6 aromatic rings. The van der Waals surface area contributed by atoms with Crippen molar-refractivity contribution in [2.24, 2.45) is 0 Å². The minimum absolute atomic E-state index is 0.225. The molecule has 0 bridgehead atoms. The third-order valence-corrected chi connectivity index (χ3v) is 8.92. The lowest BCUT2D eigenvalue weighted by atomic mass is 9.66. The Hall–Kier alpha value is -5.09. The van der Waals surface area contributed by atoms with E-state index in [0.717, 1.165) is 33.8 Å². The van der Waals surface area contributed by atoms with Crippen molar-refractivity contribution < 1.29 is 0 Å². The molecule has 0 spiro atoms. The summed E-state index contributed by atoms with van der Waals surface area (Å²) < 4.78 is 0. The van der Waals surface area contributed by atoms with Crippen LogP contribution in [-0.2, 0) is 10.8 Å². The first-order chi connectivity index (χ1) is 20.1. The Kier molecular flexibility index (Phi) is 5.05. The highest BCUT2D eigenvalue weighted by Crippen LogP contribution is 2.57. The number of para-hydroxylation sites is 2. The molecular weight excluding hydrogens is 500 g/mol. The molecule has 0 saturated heterocycles. The van der Waals surface area contributed by atoms with Crippen LogP contribution in [0.2, 0.25) is 0 Å². The molecule has 0 radical (unpaired) electrons. The molecule has 4 heterocycles. The van der Waals surface area contributed by atoms with E-state index >= 15 is 0 Å². The van der Waals surface area contributed by atoms with Gasteiger partial charge in [-0.15, -0.1) is 0 Å². The maximum atomic E-state index is 4.85. The van der Waals surface area contributed by atoms with E-state index in [-0.39, 0.29) is 5.41 Å². The van der Waals surface area contributed by atoms with Crippen LogP contribution in [0.5, 0.6) is 0 Å². The molecule has 0 saturated carbocycles. The van der Waals surface area contributed by atoms with E-state index in [4.69, 9.17) is 9.97 Å². The van der Waals surface area contributed by atoms with E-state index in [9.17, 15) is 0 Å². The summed E-state index contributed by atoms with van der Waals surface area (Å²) in [6.07, 6.45) is 7.56. The monoisotopic (exact) mass is 528 g/mol. The molecule has 3 aromatic carbocycles. The van der Waals surface area contributed by atoms with Crippen molar-refractivity contribution in [2.75, 3.05) is 4.90 Å². The molecule has 1 aliphatic heterocycles. The maximum Gasteiger partial charge on any atom is 0.0937 e. The second kappa shape index (κ2) is 8.70. The Morgan fingerprint density at radius 2 is 1.17 bits per heavy atom. The first-order valence-electron chi connectivity index (χ1n) is 14.0. The molecule has 0 atom stereocenters. The maximum absolute atomic E-state index is 4.85. The quantitative estimate of drug-likeness (QED) is 0.231. The number of aromatic nitrogens is 3. The van der Waals surface area contributed by atoms with Crippen molar-refractivity contribution in [3.05, 3.63) is 167 Å². The van der Waals surface area contributed by atoms with E-state index in [1.54, 1.807) is 0 Å². The lowest BCUT2D eigenvalue weighted by molar-refractivity contribution is 0.627. The van der Waals surface area contributed by atoms with Gasteiger partial charge in [0.05, 0.1) is 28.2 Å². The third kappa shape index (κ3) is 3.19. The van der Waals surface area contributed by atoms with Crippen LogP contribution in [0.1, 0.15) is 47.2 Å². The smallest absolute Gasteiger partial charge is 0.0937 e. The Balaban J connectivity index is 1.46. The SMILES string of the molecule is CC1(C)c2ccccc2N(c2ccccc2)c2ccc(C3(c4cccnc4)c4cccnc4-c4ncccc43)cc21. The van der Waals surface area contributed by atoms with Crippen molar-refractivity contribution in [3.8, 4) is 11.4 Å². The van der Waals surface area contributed by atoms with Crippen LogP contribution in [0.3, 0.4) is 0 Å². The first kappa shape index (κ1) is 23.8. The fourth-order valence-corrected chi connectivity index (χ4v) is 7.10. The summed E-state index contributed by atoms with van der Waals surface area (Å²) in [4.78, 5) is 16.7. The second-order valence-electron chi connectivity index (χ2n) is 11.3. The van der Waals surface area contributed by atoms with E-state index < -0.39 is 5.41 Å². The predicted octanol–water partition coefficient (Wildman–Crippen LogP) is 8.34. The van der Waals surface area contributed by atoms with E-state index in [0.29, 0.717) is 0 Å². The number of nitrogens with zero attached hydrogens (tertiary/aromatic N) is 4. The van der Waals surface area contributed by atoms with Crippen molar-refractivity contribution in [1.82, 2.24) is 15.0 Å². The zero-order valence-corrected chi connectivity index (χ0v) is 23.0. The van der Waals surface area contributed by atoms with Crippen LogP contribution in [0, 0.1) is 0 Å². The minimum atomic E-state index is -0.596. The number of rotatable bonds is 3. The predicted molar refractivity (Wildman–Crippen MR) is 164 cm³/mol. The van der Waals surface area contributed by atoms with Gasteiger partial charge in [0.1, 0.15) is 0 Å². The van der Waals surface area contributed by atoms with Gasteiger partial charge in [0.2, 0.25) is 0 Å². The number of anilines is 3. The highest BCUT2D eigenvalue weighted by molar-refractivity contribution is 5.87. The summed E-state index contributed by atoms with van der Waals surface area (Å²) in [5.41, 5.74) is 11.8. The summed E-state index contributed by atoms with van der Waals surface area (Å²) in [6, 6.07) is 39.1. The average Bonchev–Trinajstić information content (AvgIpc) is 3.33. The number of pyridine rings is 3. The lowest BCUT2D eigenvalue weighted by Crippen LogP contribution is -2.33. The molecule has 41 heavy (non-hydrogen) atoms. The molecule has 8 rings (SSSR count). The van der Waals surface area contributed by atoms with E-state index in [2.05, 4.69) is 115 Å². The molecule has 196 valence electrons. The van der Waals surface area contributed by atoms with Crippen LogP contribution >= 0.6 is 0 Å². The van der Waals surface area contributed by atoms with Gasteiger partial charge in [-0.05, 0) is 75.8 Å². The standard InChI is InChI=1S/C37H28N4/c1-36(2)28-14-6-7-17-32(28)41(27-12-4-3-5-13-27)33-19-18-25(23-31(33)36)37(26-11-8-20-38-24-26)29-15-9-21-39-34(29)35-30(37)16-10-22-40-35/h3-24H,1-2H3. The van der Waals surface area contributed by atoms with E-state index in [1.807, 2.05) is 43.0 Å². The third-order valence-electron chi connectivity index (χ3n) is 8.92. The van der Waals surface area contributed by atoms with Gasteiger partial charge in [-0.2, -0.15) is 0 Å². The summed E-state index contributed by atoms with van der Waals surface area (Å²) in [6.45, 7) is 4.68. The fraction of sp³-hybridized carbons (Fsp3) is 0.108. The highest BCUT2D eigenvalue weighted by atomic mass is 15.2. The number of hydrogen-bond acceptors (Lipinski definition) is 4. The normalized spacial score (nSPS) is 15.4. The Bertz CT molecular complexity index is 1880. The fourth-order valence-electron chi connectivity index (χ4n) is 7.10. The van der Waals surface area contributed by atoms with Crippen molar-refractivity contribution in [3.63, 3.8) is 0 Å². The molecule has 2 aliphatic rings. The lowest BCUT2D eigenvalue weighted by Gasteiger charge is -2.43. The molecule has 0 unspecified atom stereocenters. The highest BCUT2D eigenvalue weighted by Gasteiger charge is 2.49.